The van der Waals surface area contributed by atoms with E-state index in [0.717, 1.165) is 43.6 Å². The van der Waals surface area contributed by atoms with Gasteiger partial charge in [0.05, 0.1) is 5.41 Å². The van der Waals surface area contributed by atoms with Crippen LogP contribution in [0.15, 0.2) is 24.3 Å². The zero-order valence-corrected chi connectivity index (χ0v) is 18.3. The third-order valence-corrected chi connectivity index (χ3v) is 7.59. The quantitative estimate of drug-likeness (QED) is 0.649. The van der Waals surface area contributed by atoms with Crippen molar-refractivity contribution in [3.63, 3.8) is 0 Å². The van der Waals surface area contributed by atoms with E-state index in [1.54, 1.807) is 0 Å². The number of nitrogens with one attached hydrogen (secondary N) is 2. The second-order valence-corrected chi connectivity index (χ2v) is 10.9. The summed E-state index contributed by atoms with van der Waals surface area (Å²) in [5, 5.41) is 6.18. The first-order valence-corrected chi connectivity index (χ1v) is 11.4. The van der Waals surface area contributed by atoms with Crippen molar-refractivity contribution in [1.82, 2.24) is 10.6 Å². The fourth-order valence-corrected chi connectivity index (χ4v) is 7.33. The second kappa shape index (κ2) is 7.45. The van der Waals surface area contributed by atoms with E-state index in [1.165, 1.54) is 19.3 Å². The Balaban J connectivity index is 1.36. The molecule has 4 nitrogen and oxygen atoms in total. The van der Waals surface area contributed by atoms with Gasteiger partial charge in [0, 0.05) is 18.7 Å². The zero-order chi connectivity index (χ0) is 20.7. The number of unbranched alkanes of at least 4 members (excludes halogenated alkanes) is 1. The molecule has 29 heavy (non-hydrogen) atoms. The van der Waals surface area contributed by atoms with Crippen molar-refractivity contribution < 1.29 is 9.59 Å². The summed E-state index contributed by atoms with van der Waals surface area (Å²) in [4.78, 5) is 25.4. The summed E-state index contributed by atoms with van der Waals surface area (Å²) in [6.45, 7) is 8.17. The molecule has 2 amide bonds. The molecule has 4 aliphatic rings. The lowest BCUT2D eigenvalue weighted by atomic mass is 9.40. The van der Waals surface area contributed by atoms with Gasteiger partial charge in [-0.1, -0.05) is 39.3 Å². The molecule has 5 rings (SSSR count). The molecule has 0 saturated heterocycles. The lowest BCUT2D eigenvalue weighted by Crippen LogP contribution is -2.59. The minimum absolute atomic E-state index is 0.0240. The monoisotopic (exact) mass is 396 g/mol. The highest BCUT2D eigenvalue weighted by atomic mass is 16.2. The first-order valence-electron chi connectivity index (χ1n) is 11.4. The van der Waals surface area contributed by atoms with Crippen molar-refractivity contribution in [2.45, 2.75) is 78.7 Å². The van der Waals surface area contributed by atoms with Crippen LogP contribution in [0, 0.1) is 22.2 Å². The predicted octanol–water partition coefficient (Wildman–Crippen LogP) is 4.83. The molecule has 2 N–H and O–H groups in total. The number of carbonyl (C=O) groups excluding carboxylic acids is 2. The van der Waals surface area contributed by atoms with E-state index in [4.69, 9.17) is 0 Å². The molecule has 0 aromatic heterocycles. The van der Waals surface area contributed by atoms with E-state index >= 15 is 0 Å². The maximum absolute atomic E-state index is 13.3. The summed E-state index contributed by atoms with van der Waals surface area (Å²) in [6.07, 6.45) is 9.13. The fraction of sp³-hybridized carbons (Fsp3) is 0.680. The van der Waals surface area contributed by atoms with Crippen molar-refractivity contribution in [3.8, 4) is 0 Å². The van der Waals surface area contributed by atoms with Crippen LogP contribution in [-0.4, -0.2) is 18.4 Å². The standard InChI is InChI=1S/C25H36N2O2/c1-4-5-10-26-21(28)20-8-6-18(7-9-20)14-27-22(29)25-13-19-11-23(2,16-25)15-24(3,12-19)17-25/h6-9,19H,4-5,10-17H2,1-3H3,(H,26,28)(H,27,29). The van der Waals surface area contributed by atoms with Crippen LogP contribution in [-0.2, 0) is 11.3 Å². The van der Waals surface area contributed by atoms with Gasteiger partial charge in [0.25, 0.3) is 5.91 Å². The van der Waals surface area contributed by atoms with Crippen LogP contribution in [0.4, 0.5) is 0 Å². The van der Waals surface area contributed by atoms with Crippen molar-refractivity contribution >= 4 is 11.8 Å². The number of rotatable bonds is 7. The summed E-state index contributed by atoms with van der Waals surface area (Å²) in [5.41, 5.74) is 2.25. The van der Waals surface area contributed by atoms with Gasteiger partial charge in [0.15, 0.2) is 0 Å². The molecule has 4 fully saturated rings. The lowest BCUT2D eigenvalue weighted by Gasteiger charge is -2.64. The van der Waals surface area contributed by atoms with E-state index in [-0.39, 0.29) is 17.2 Å². The predicted molar refractivity (Wildman–Crippen MR) is 115 cm³/mol. The Hall–Kier alpha value is -1.84. The molecule has 158 valence electrons. The normalized spacial score (nSPS) is 34.8. The van der Waals surface area contributed by atoms with Crippen molar-refractivity contribution in [1.29, 1.82) is 0 Å². The minimum Gasteiger partial charge on any atom is -0.352 e. The molecule has 1 aromatic rings. The van der Waals surface area contributed by atoms with E-state index in [1.807, 2.05) is 24.3 Å². The van der Waals surface area contributed by atoms with E-state index < -0.39 is 0 Å². The number of benzene rings is 1. The third kappa shape index (κ3) is 4.08. The van der Waals surface area contributed by atoms with Crippen LogP contribution in [0.1, 0.15) is 88.1 Å². The summed E-state index contributed by atoms with van der Waals surface area (Å²) >= 11 is 0. The average molecular weight is 397 g/mol. The largest absolute Gasteiger partial charge is 0.352 e. The molecule has 0 aliphatic heterocycles. The highest BCUT2D eigenvalue weighted by Gasteiger charge is 2.62. The van der Waals surface area contributed by atoms with Gasteiger partial charge in [-0.05, 0) is 79.4 Å². The van der Waals surface area contributed by atoms with Gasteiger partial charge < -0.3 is 10.6 Å². The van der Waals surface area contributed by atoms with Crippen molar-refractivity contribution in [3.05, 3.63) is 35.4 Å². The van der Waals surface area contributed by atoms with Crippen LogP contribution < -0.4 is 10.6 Å². The zero-order valence-electron chi connectivity index (χ0n) is 18.3. The van der Waals surface area contributed by atoms with Crippen molar-refractivity contribution in [2.75, 3.05) is 6.54 Å². The van der Waals surface area contributed by atoms with E-state index in [9.17, 15) is 9.59 Å². The Bertz CT molecular complexity index is 767. The lowest BCUT2D eigenvalue weighted by molar-refractivity contribution is -0.170. The first kappa shape index (κ1) is 20.4. The molecule has 1 aromatic carbocycles. The molecule has 0 heterocycles. The van der Waals surface area contributed by atoms with Gasteiger partial charge in [-0.2, -0.15) is 0 Å². The summed E-state index contributed by atoms with van der Waals surface area (Å²) in [5.74, 6) is 0.946. The van der Waals surface area contributed by atoms with Gasteiger partial charge in [-0.25, -0.2) is 0 Å². The molecule has 4 heteroatoms. The fourth-order valence-electron chi connectivity index (χ4n) is 7.33. The third-order valence-electron chi connectivity index (χ3n) is 7.59. The molecular weight excluding hydrogens is 360 g/mol. The number of carbonyl (C=O) groups is 2. The maximum atomic E-state index is 13.3. The van der Waals surface area contributed by atoms with Gasteiger partial charge in [-0.3, -0.25) is 9.59 Å². The molecule has 2 unspecified atom stereocenters. The summed E-state index contributed by atoms with van der Waals surface area (Å²) in [7, 11) is 0. The van der Waals surface area contributed by atoms with Crippen LogP contribution in [0.3, 0.4) is 0 Å². The molecule has 4 aliphatic carbocycles. The Labute approximate surface area is 175 Å². The van der Waals surface area contributed by atoms with Crippen LogP contribution >= 0.6 is 0 Å². The molecule has 4 bridgehead atoms. The Morgan fingerprint density at radius 3 is 2.21 bits per heavy atom. The summed E-state index contributed by atoms with van der Waals surface area (Å²) < 4.78 is 0. The number of hydrogen-bond acceptors (Lipinski definition) is 2. The van der Waals surface area contributed by atoms with Gasteiger partial charge >= 0.3 is 0 Å². The van der Waals surface area contributed by atoms with Gasteiger partial charge in [0.2, 0.25) is 5.91 Å². The minimum atomic E-state index is -0.165. The molecular formula is C25H36N2O2. The SMILES string of the molecule is CCCCNC(=O)c1ccc(CNC(=O)C23CC4CC(C)(CC(C)(C4)C2)C3)cc1. The van der Waals surface area contributed by atoms with Crippen LogP contribution in [0.2, 0.25) is 0 Å². The maximum Gasteiger partial charge on any atom is 0.251 e. The van der Waals surface area contributed by atoms with Gasteiger partial charge in [-0.15, -0.1) is 0 Å². The van der Waals surface area contributed by atoms with E-state index in [0.29, 0.717) is 29.5 Å². The number of hydrogen-bond donors (Lipinski definition) is 2. The molecule has 0 spiro atoms. The Kier molecular flexibility index (Phi) is 5.25. The Morgan fingerprint density at radius 1 is 0.966 bits per heavy atom. The Morgan fingerprint density at radius 2 is 1.62 bits per heavy atom. The van der Waals surface area contributed by atoms with Crippen LogP contribution in [0.5, 0.6) is 0 Å². The topological polar surface area (TPSA) is 58.2 Å². The smallest absolute Gasteiger partial charge is 0.251 e. The molecule has 0 radical (unpaired) electrons. The summed E-state index contributed by atoms with van der Waals surface area (Å²) in [6, 6.07) is 7.62. The van der Waals surface area contributed by atoms with E-state index in [2.05, 4.69) is 31.4 Å². The highest BCUT2D eigenvalue weighted by molar-refractivity contribution is 5.94. The van der Waals surface area contributed by atoms with Crippen molar-refractivity contribution in [2.24, 2.45) is 22.2 Å². The second-order valence-electron chi connectivity index (χ2n) is 10.9. The molecule has 2 atom stereocenters. The molecule has 4 saturated carbocycles. The number of amides is 2. The van der Waals surface area contributed by atoms with Gasteiger partial charge in [0.1, 0.15) is 0 Å². The first-order chi connectivity index (χ1) is 13.7. The highest BCUT2D eigenvalue weighted by Crippen LogP contribution is 2.69. The average Bonchev–Trinajstić information content (AvgIpc) is 2.63. The van der Waals surface area contributed by atoms with Crippen LogP contribution in [0.25, 0.3) is 0 Å².